The fraction of sp³-hybridized carbons (Fsp3) is 0.632. The molecule has 4 aliphatic rings. The highest BCUT2D eigenvalue weighted by Gasteiger charge is 2.48. The zero-order valence-corrected chi connectivity index (χ0v) is 13.4. The molecule has 4 aliphatic carbocycles. The number of benzene rings is 1. The summed E-state index contributed by atoms with van der Waals surface area (Å²) in [6, 6.07) is 6.88. The van der Waals surface area contributed by atoms with Crippen molar-refractivity contribution in [3.63, 3.8) is 0 Å². The minimum absolute atomic E-state index is 0.0566. The topological polar surface area (TPSA) is 41.1 Å². The smallest absolute Gasteiger partial charge is 0.315 e. The summed E-state index contributed by atoms with van der Waals surface area (Å²) < 4.78 is 13.1. The van der Waals surface area contributed by atoms with Crippen LogP contribution >= 0.6 is 0 Å². The lowest BCUT2D eigenvalue weighted by atomic mass is 9.54. The first-order valence-corrected chi connectivity index (χ1v) is 8.96. The molecule has 1 aromatic rings. The molecule has 0 heterocycles. The zero-order chi connectivity index (χ0) is 15.8. The van der Waals surface area contributed by atoms with Crippen molar-refractivity contribution in [2.45, 2.75) is 44.6 Å². The number of amides is 2. The first-order valence-electron chi connectivity index (χ1n) is 8.96. The monoisotopic (exact) mass is 316 g/mol. The Morgan fingerprint density at radius 1 is 1.09 bits per heavy atom. The van der Waals surface area contributed by atoms with Gasteiger partial charge in [0.05, 0.1) is 0 Å². The van der Waals surface area contributed by atoms with Gasteiger partial charge in [-0.05, 0) is 79.9 Å². The van der Waals surface area contributed by atoms with Crippen LogP contribution in [0.5, 0.6) is 0 Å². The van der Waals surface area contributed by atoms with Crippen molar-refractivity contribution in [3.8, 4) is 0 Å². The Hall–Kier alpha value is -1.58. The lowest BCUT2D eigenvalue weighted by Crippen LogP contribution is -2.57. The normalized spacial score (nSPS) is 34.4. The van der Waals surface area contributed by atoms with Crippen LogP contribution in [0.3, 0.4) is 0 Å². The van der Waals surface area contributed by atoms with Crippen LogP contribution in [0.2, 0.25) is 0 Å². The highest BCUT2D eigenvalue weighted by atomic mass is 19.1. The maximum Gasteiger partial charge on any atom is 0.315 e. The third kappa shape index (κ3) is 3.22. The van der Waals surface area contributed by atoms with Crippen molar-refractivity contribution in [1.82, 2.24) is 10.6 Å². The molecule has 0 radical (unpaired) electrons. The SMILES string of the molecule is O=C(NCCc1cccc(F)c1)NC1C2CC3CC(C2)CC1C3. The van der Waals surface area contributed by atoms with Gasteiger partial charge in [0.1, 0.15) is 5.82 Å². The van der Waals surface area contributed by atoms with Gasteiger partial charge >= 0.3 is 6.03 Å². The van der Waals surface area contributed by atoms with Gasteiger partial charge in [-0.25, -0.2) is 9.18 Å². The van der Waals surface area contributed by atoms with Gasteiger partial charge in [0.2, 0.25) is 0 Å². The van der Waals surface area contributed by atoms with E-state index in [1.807, 2.05) is 6.07 Å². The van der Waals surface area contributed by atoms with Crippen molar-refractivity contribution in [2.24, 2.45) is 23.7 Å². The molecule has 0 aliphatic heterocycles. The third-order valence-electron chi connectivity index (χ3n) is 6.11. The molecule has 4 bridgehead atoms. The lowest BCUT2D eigenvalue weighted by Gasteiger charge is -2.54. The Morgan fingerprint density at radius 2 is 1.78 bits per heavy atom. The summed E-state index contributed by atoms with van der Waals surface area (Å²) in [5.74, 6) is 3.01. The summed E-state index contributed by atoms with van der Waals surface area (Å²) in [6.45, 7) is 0.544. The second-order valence-corrected chi connectivity index (χ2v) is 7.74. The molecule has 3 nitrogen and oxygen atoms in total. The number of nitrogens with one attached hydrogen (secondary N) is 2. The molecule has 2 N–H and O–H groups in total. The molecule has 1 aromatic carbocycles. The van der Waals surface area contributed by atoms with Crippen molar-refractivity contribution in [3.05, 3.63) is 35.6 Å². The van der Waals surface area contributed by atoms with Crippen molar-refractivity contribution < 1.29 is 9.18 Å². The third-order valence-corrected chi connectivity index (χ3v) is 6.11. The van der Waals surface area contributed by atoms with E-state index >= 15 is 0 Å². The Kier molecular flexibility index (Phi) is 4.00. The summed E-state index contributed by atoms with van der Waals surface area (Å²) in [5, 5.41) is 6.17. The molecule has 0 saturated heterocycles. The van der Waals surface area contributed by atoms with Gasteiger partial charge in [0, 0.05) is 12.6 Å². The maximum atomic E-state index is 13.1. The van der Waals surface area contributed by atoms with Crippen LogP contribution in [0, 0.1) is 29.5 Å². The molecule has 2 amide bonds. The number of carbonyl (C=O) groups excluding carboxylic acids is 1. The summed E-state index contributed by atoms with van der Waals surface area (Å²) >= 11 is 0. The van der Waals surface area contributed by atoms with Crippen LogP contribution < -0.4 is 10.6 Å². The quantitative estimate of drug-likeness (QED) is 0.877. The van der Waals surface area contributed by atoms with Gasteiger partial charge in [-0.1, -0.05) is 12.1 Å². The average molecular weight is 316 g/mol. The first-order chi connectivity index (χ1) is 11.2. The Morgan fingerprint density at radius 3 is 2.43 bits per heavy atom. The van der Waals surface area contributed by atoms with Crippen molar-refractivity contribution in [2.75, 3.05) is 6.54 Å². The predicted molar refractivity (Wildman–Crippen MR) is 87.5 cm³/mol. The number of hydrogen-bond acceptors (Lipinski definition) is 1. The number of carbonyl (C=O) groups is 1. The van der Waals surface area contributed by atoms with E-state index in [-0.39, 0.29) is 11.8 Å². The highest BCUT2D eigenvalue weighted by Crippen LogP contribution is 2.53. The molecule has 0 spiro atoms. The summed E-state index contributed by atoms with van der Waals surface area (Å²) in [4.78, 5) is 12.2. The van der Waals surface area contributed by atoms with E-state index in [1.165, 1.54) is 44.2 Å². The Balaban J connectivity index is 1.26. The van der Waals surface area contributed by atoms with Crippen LogP contribution in [0.25, 0.3) is 0 Å². The average Bonchev–Trinajstić information content (AvgIpc) is 2.50. The predicted octanol–water partition coefficient (Wildman–Crippen LogP) is 3.49. The molecule has 0 atom stereocenters. The first kappa shape index (κ1) is 15.0. The van der Waals surface area contributed by atoms with E-state index in [4.69, 9.17) is 0 Å². The van der Waals surface area contributed by atoms with E-state index in [2.05, 4.69) is 10.6 Å². The van der Waals surface area contributed by atoms with E-state index < -0.39 is 0 Å². The van der Waals surface area contributed by atoms with Crippen LogP contribution in [-0.2, 0) is 6.42 Å². The minimum atomic E-state index is -0.222. The molecule has 0 aromatic heterocycles. The van der Waals surface area contributed by atoms with Gasteiger partial charge < -0.3 is 10.6 Å². The Labute approximate surface area is 137 Å². The summed E-state index contributed by atoms with van der Waals surface area (Å²) in [7, 11) is 0. The number of urea groups is 1. The molecule has 124 valence electrons. The Bertz CT molecular complexity index is 560. The van der Waals surface area contributed by atoms with Crippen LogP contribution in [-0.4, -0.2) is 18.6 Å². The van der Waals surface area contributed by atoms with Gasteiger partial charge in [-0.3, -0.25) is 0 Å². The number of halogens is 1. The van der Waals surface area contributed by atoms with Gasteiger partial charge in [-0.2, -0.15) is 0 Å². The number of rotatable bonds is 4. The second kappa shape index (κ2) is 6.14. The van der Waals surface area contributed by atoms with Crippen LogP contribution in [0.15, 0.2) is 24.3 Å². The molecule has 4 fully saturated rings. The van der Waals surface area contributed by atoms with Gasteiger partial charge in [-0.15, -0.1) is 0 Å². The molecule has 4 heteroatoms. The molecule has 5 rings (SSSR count). The van der Waals surface area contributed by atoms with E-state index in [0.717, 1.165) is 17.4 Å². The zero-order valence-electron chi connectivity index (χ0n) is 13.4. The second-order valence-electron chi connectivity index (χ2n) is 7.74. The van der Waals surface area contributed by atoms with Crippen LogP contribution in [0.4, 0.5) is 9.18 Å². The molecule has 23 heavy (non-hydrogen) atoms. The molecule has 4 saturated carbocycles. The molecular formula is C19H25FN2O. The van der Waals surface area contributed by atoms with E-state index in [9.17, 15) is 9.18 Å². The van der Waals surface area contributed by atoms with E-state index in [0.29, 0.717) is 30.8 Å². The van der Waals surface area contributed by atoms with E-state index in [1.54, 1.807) is 6.07 Å². The van der Waals surface area contributed by atoms with Gasteiger partial charge in [0.25, 0.3) is 0 Å². The van der Waals surface area contributed by atoms with Crippen LogP contribution in [0.1, 0.15) is 37.7 Å². The number of hydrogen-bond donors (Lipinski definition) is 2. The van der Waals surface area contributed by atoms with Gasteiger partial charge in [0.15, 0.2) is 0 Å². The summed E-state index contributed by atoms with van der Waals surface area (Å²) in [5.41, 5.74) is 0.917. The highest BCUT2D eigenvalue weighted by molar-refractivity contribution is 5.74. The largest absolute Gasteiger partial charge is 0.338 e. The fourth-order valence-corrected chi connectivity index (χ4v) is 5.38. The molecule has 0 unspecified atom stereocenters. The minimum Gasteiger partial charge on any atom is -0.338 e. The van der Waals surface area contributed by atoms with Crippen molar-refractivity contribution in [1.29, 1.82) is 0 Å². The fourth-order valence-electron chi connectivity index (χ4n) is 5.38. The van der Waals surface area contributed by atoms with Crippen molar-refractivity contribution >= 4 is 6.03 Å². The molecular weight excluding hydrogens is 291 g/mol. The summed E-state index contributed by atoms with van der Waals surface area (Å²) in [6.07, 6.45) is 7.32. The lowest BCUT2D eigenvalue weighted by molar-refractivity contribution is -0.00940. The maximum absolute atomic E-state index is 13.1. The standard InChI is InChI=1S/C19H25FN2O/c20-17-3-1-2-12(11-17)4-5-21-19(23)22-18-15-7-13-6-14(9-15)10-16(18)8-13/h1-3,11,13-16,18H,4-10H2,(H2,21,22,23).